The molecule has 31 heavy (non-hydrogen) atoms. The third kappa shape index (κ3) is 5.05. The number of carbonyl (C=O) groups excluding carboxylic acids is 1. The lowest BCUT2D eigenvalue weighted by molar-refractivity contribution is 0.0951. The molecule has 0 unspecified atom stereocenters. The second-order valence-electron chi connectivity index (χ2n) is 6.62. The third-order valence-electron chi connectivity index (χ3n) is 4.52. The molecule has 4 rings (SSSR count). The van der Waals surface area contributed by atoms with E-state index in [4.69, 9.17) is 4.42 Å². The first-order valence-electron chi connectivity index (χ1n) is 9.35. The average Bonchev–Trinajstić information content (AvgIpc) is 3.51. The number of hydrogen-bond acceptors (Lipinski definition) is 6. The fourth-order valence-electron chi connectivity index (χ4n) is 2.84. The predicted molar refractivity (Wildman–Crippen MR) is 112 cm³/mol. The van der Waals surface area contributed by atoms with Gasteiger partial charge in [0.1, 0.15) is 18.4 Å². The van der Waals surface area contributed by atoms with Crippen LogP contribution in [0.3, 0.4) is 0 Å². The van der Waals surface area contributed by atoms with Gasteiger partial charge >= 0.3 is 0 Å². The molecular formula is C21H19N5O4S. The zero-order chi connectivity index (χ0) is 21.7. The lowest BCUT2D eigenvalue weighted by atomic mass is 10.2. The van der Waals surface area contributed by atoms with E-state index in [2.05, 4.69) is 20.1 Å². The summed E-state index contributed by atoms with van der Waals surface area (Å²) in [5.74, 6) is 0.210. The second kappa shape index (κ2) is 8.94. The number of nitrogens with one attached hydrogen (secondary N) is 2. The fraction of sp³-hybridized carbons (Fsp3) is 0.0952. The number of aromatic nitrogens is 3. The van der Waals surface area contributed by atoms with Crippen molar-refractivity contribution in [3.63, 3.8) is 0 Å². The largest absolute Gasteiger partial charge is 0.468 e. The van der Waals surface area contributed by atoms with Crippen molar-refractivity contribution in [1.82, 2.24) is 24.8 Å². The standard InChI is InChI=1S/C21H19N5O4S/c27-21(23-12-16-3-7-18(8-4-16)26-15-22-14-24-26)17-5-9-20(10-6-17)31(28,29)25-13-19-2-1-11-30-19/h1-11,14-15,25H,12-13H2,(H,23,27). The van der Waals surface area contributed by atoms with Crippen LogP contribution in [0.25, 0.3) is 5.69 Å². The van der Waals surface area contributed by atoms with E-state index in [9.17, 15) is 13.2 Å². The summed E-state index contributed by atoms with van der Waals surface area (Å²) < 4.78 is 33.9. The van der Waals surface area contributed by atoms with Gasteiger partial charge in [-0.3, -0.25) is 4.79 Å². The van der Waals surface area contributed by atoms with Gasteiger partial charge in [-0.2, -0.15) is 5.10 Å². The smallest absolute Gasteiger partial charge is 0.251 e. The molecule has 4 aromatic rings. The summed E-state index contributed by atoms with van der Waals surface area (Å²) in [4.78, 5) is 16.4. The van der Waals surface area contributed by atoms with Crippen LogP contribution in [-0.2, 0) is 23.1 Å². The molecule has 0 fully saturated rings. The Morgan fingerprint density at radius 3 is 2.42 bits per heavy atom. The normalized spacial score (nSPS) is 11.4. The summed E-state index contributed by atoms with van der Waals surface area (Å²) >= 11 is 0. The van der Waals surface area contributed by atoms with Gasteiger partial charge in [-0.1, -0.05) is 12.1 Å². The van der Waals surface area contributed by atoms with Crippen molar-refractivity contribution >= 4 is 15.9 Å². The highest BCUT2D eigenvalue weighted by atomic mass is 32.2. The van der Waals surface area contributed by atoms with E-state index in [0.717, 1.165) is 11.3 Å². The molecule has 158 valence electrons. The second-order valence-corrected chi connectivity index (χ2v) is 8.38. The van der Waals surface area contributed by atoms with Crippen molar-refractivity contribution in [2.45, 2.75) is 18.0 Å². The minimum atomic E-state index is -3.71. The predicted octanol–water partition coefficient (Wildman–Crippen LogP) is 2.27. The van der Waals surface area contributed by atoms with Crippen LogP contribution >= 0.6 is 0 Å². The number of hydrogen-bond donors (Lipinski definition) is 2. The lowest BCUT2D eigenvalue weighted by Crippen LogP contribution is -2.24. The van der Waals surface area contributed by atoms with E-state index in [-0.39, 0.29) is 17.3 Å². The van der Waals surface area contributed by atoms with Gasteiger partial charge in [0, 0.05) is 12.1 Å². The Balaban J connectivity index is 1.33. The molecule has 2 aromatic carbocycles. The molecule has 1 amide bonds. The minimum Gasteiger partial charge on any atom is -0.468 e. The quantitative estimate of drug-likeness (QED) is 0.436. The van der Waals surface area contributed by atoms with Crippen LogP contribution in [-0.4, -0.2) is 29.1 Å². The maximum absolute atomic E-state index is 12.4. The summed E-state index contributed by atoms with van der Waals surface area (Å²) in [5.41, 5.74) is 2.15. The van der Waals surface area contributed by atoms with Gasteiger partial charge in [-0.05, 0) is 54.1 Å². The summed E-state index contributed by atoms with van der Waals surface area (Å²) in [6.07, 6.45) is 4.54. The average molecular weight is 437 g/mol. The van der Waals surface area contributed by atoms with Crippen LogP contribution in [0.15, 0.2) is 88.9 Å². The molecule has 0 saturated carbocycles. The van der Waals surface area contributed by atoms with Gasteiger partial charge in [0.15, 0.2) is 0 Å². The Hall–Kier alpha value is -3.76. The molecule has 2 aromatic heterocycles. The number of rotatable bonds is 8. The molecule has 2 N–H and O–H groups in total. The molecule has 0 atom stereocenters. The monoisotopic (exact) mass is 437 g/mol. The van der Waals surface area contributed by atoms with Crippen LogP contribution in [0.2, 0.25) is 0 Å². The van der Waals surface area contributed by atoms with E-state index >= 15 is 0 Å². The van der Waals surface area contributed by atoms with Crippen LogP contribution in [0.1, 0.15) is 21.7 Å². The van der Waals surface area contributed by atoms with E-state index in [1.165, 1.54) is 36.9 Å². The molecule has 10 heteroatoms. The molecule has 2 heterocycles. The first-order chi connectivity index (χ1) is 15.0. The van der Waals surface area contributed by atoms with Crippen molar-refractivity contribution in [3.8, 4) is 5.69 Å². The topological polar surface area (TPSA) is 119 Å². The summed E-state index contributed by atoms with van der Waals surface area (Å²) in [5, 5.41) is 6.88. The number of nitrogens with zero attached hydrogens (tertiary/aromatic N) is 3. The highest BCUT2D eigenvalue weighted by Gasteiger charge is 2.15. The third-order valence-corrected chi connectivity index (χ3v) is 5.93. The first kappa shape index (κ1) is 20.5. The van der Waals surface area contributed by atoms with Crippen molar-refractivity contribution in [3.05, 3.63) is 96.5 Å². The molecule has 0 bridgehead atoms. The lowest BCUT2D eigenvalue weighted by Gasteiger charge is -2.08. The van der Waals surface area contributed by atoms with E-state index in [0.29, 0.717) is 17.9 Å². The van der Waals surface area contributed by atoms with Crippen molar-refractivity contribution in [2.24, 2.45) is 0 Å². The molecule has 0 aliphatic heterocycles. The van der Waals surface area contributed by atoms with Crippen molar-refractivity contribution in [1.29, 1.82) is 0 Å². The highest BCUT2D eigenvalue weighted by molar-refractivity contribution is 7.89. The van der Waals surface area contributed by atoms with Gasteiger partial charge in [0.05, 0.1) is 23.4 Å². The van der Waals surface area contributed by atoms with Crippen LogP contribution in [0, 0.1) is 0 Å². The Labute approximate surface area is 178 Å². The summed E-state index contributed by atoms with van der Waals surface area (Å²) in [7, 11) is -3.71. The van der Waals surface area contributed by atoms with Gasteiger partial charge in [-0.25, -0.2) is 22.8 Å². The summed E-state index contributed by atoms with van der Waals surface area (Å²) in [6, 6.07) is 16.6. The Bertz CT molecular complexity index is 1230. The maximum Gasteiger partial charge on any atom is 0.251 e. The maximum atomic E-state index is 12.4. The van der Waals surface area contributed by atoms with Gasteiger partial charge < -0.3 is 9.73 Å². The van der Waals surface area contributed by atoms with E-state index < -0.39 is 10.0 Å². The van der Waals surface area contributed by atoms with E-state index in [1.54, 1.807) is 23.1 Å². The van der Waals surface area contributed by atoms with Gasteiger partial charge in [0.2, 0.25) is 10.0 Å². The molecule has 0 spiro atoms. The Morgan fingerprint density at radius 2 is 1.77 bits per heavy atom. The fourth-order valence-corrected chi connectivity index (χ4v) is 3.83. The number of amides is 1. The highest BCUT2D eigenvalue weighted by Crippen LogP contribution is 2.13. The van der Waals surface area contributed by atoms with Crippen molar-refractivity contribution < 1.29 is 17.6 Å². The number of carbonyl (C=O) groups is 1. The molecule has 9 nitrogen and oxygen atoms in total. The Morgan fingerprint density at radius 1 is 1.00 bits per heavy atom. The van der Waals surface area contributed by atoms with Gasteiger partial charge in [0.25, 0.3) is 5.91 Å². The molecule has 0 aliphatic carbocycles. The van der Waals surface area contributed by atoms with Crippen LogP contribution in [0.5, 0.6) is 0 Å². The zero-order valence-electron chi connectivity index (χ0n) is 16.3. The summed E-state index contributed by atoms with van der Waals surface area (Å²) in [6.45, 7) is 0.383. The first-order valence-corrected chi connectivity index (χ1v) is 10.8. The van der Waals surface area contributed by atoms with Crippen LogP contribution in [0.4, 0.5) is 0 Å². The molecule has 0 saturated heterocycles. The molecule has 0 aliphatic rings. The number of sulfonamides is 1. The SMILES string of the molecule is O=C(NCc1ccc(-n2cncn2)cc1)c1ccc(S(=O)(=O)NCc2ccco2)cc1. The zero-order valence-corrected chi connectivity index (χ0v) is 17.1. The number of benzene rings is 2. The minimum absolute atomic E-state index is 0.0489. The Kier molecular flexibility index (Phi) is 5.92. The van der Waals surface area contributed by atoms with E-state index in [1.807, 2.05) is 24.3 Å². The molecular weight excluding hydrogens is 418 g/mol. The van der Waals surface area contributed by atoms with Crippen molar-refractivity contribution in [2.75, 3.05) is 0 Å². The number of furan rings is 1. The van der Waals surface area contributed by atoms with Crippen LogP contribution < -0.4 is 10.0 Å². The molecule has 0 radical (unpaired) electrons. The van der Waals surface area contributed by atoms with Gasteiger partial charge in [-0.15, -0.1) is 0 Å².